The summed E-state index contributed by atoms with van der Waals surface area (Å²) in [5, 5.41) is 3.10. The molecule has 0 aliphatic rings. The molecule has 0 amide bonds. The molecule has 0 saturated carbocycles. The fourth-order valence-corrected chi connectivity index (χ4v) is 1.77. The van der Waals surface area contributed by atoms with Crippen LogP contribution in [0.3, 0.4) is 0 Å². The average molecular weight is 183 g/mol. The van der Waals surface area contributed by atoms with Gasteiger partial charge in [0.15, 0.2) is 0 Å². The normalized spacial score (nSPS) is 13.6. The third-order valence-electron chi connectivity index (χ3n) is 1.26. The van der Waals surface area contributed by atoms with E-state index in [4.69, 9.17) is 3.63 Å². The van der Waals surface area contributed by atoms with Crippen LogP contribution in [0.15, 0.2) is 0 Å². The van der Waals surface area contributed by atoms with Crippen molar-refractivity contribution in [3.05, 3.63) is 0 Å². The van der Waals surface area contributed by atoms with E-state index in [0.717, 1.165) is 12.3 Å². The van der Waals surface area contributed by atoms with E-state index in [-0.39, 0.29) is 0 Å². The number of thiol groups is 1. The van der Waals surface area contributed by atoms with Crippen LogP contribution < -0.4 is 5.32 Å². The first-order valence-electron chi connectivity index (χ1n) is 3.31. The van der Waals surface area contributed by atoms with Crippen LogP contribution in [0.25, 0.3) is 0 Å². The van der Waals surface area contributed by atoms with Crippen LogP contribution in [0.2, 0.25) is 0 Å². The molecule has 0 aromatic heterocycles. The smallest absolute Gasteiger partial charge is 0.000806 e. The van der Waals surface area contributed by atoms with E-state index in [1.54, 1.807) is 0 Å². The molecule has 0 unspecified atom stereocenters. The monoisotopic (exact) mass is 183 g/mol. The maximum atomic E-state index is 5.03. The third-order valence-corrected chi connectivity index (χ3v) is 4.15. The lowest BCUT2D eigenvalue weighted by Crippen LogP contribution is -2.11. The highest BCUT2D eigenvalue weighted by Crippen LogP contribution is 2.42. The van der Waals surface area contributed by atoms with E-state index >= 15 is 0 Å². The Morgan fingerprint density at radius 3 is 2.50 bits per heavy atom. The number of nitrogens with one attached hydrogen (secondary N) is 1. The Morgan fingerprint density at radius 2 is 2.10 bits per heavy atom. The van der Waals surface area contributed by atoms with Gasteiger partial charge in [-0.25, -0.2) is 0 Å². The van der Waals surface area contributed by atoms with Gasteiger partial charge in [-0.3, -0.25) is 3.63 Å². The molecule has 0 radical (unpaired) electrons. The van der Waals surface area contributed by atoms with Gasteiger partial charge >= 0.3 is 0 Å². The molecule has 0 rings (SSSR count). The van der Waals surface area contributed by atoms with Crippen molar-refractivity contribution in [2.75, 3.05) is 31.9 Å². The van der Waals surface area contributed by atoms with Gasteiger partial charge in [-0.2, -0.15) is 0 Å². The van der Waals surface area contributed by atoms with Crippen molar-refractivity contribution < 1.29 is 3.63 Å². The van der Waals surface area contributed by atoms with Crippen molar-refractivity contribution in [1.29, 1.82) is 0 Å². The van der Waals surface area contributed by atoms with Crippen molar-refractivity contribution in [3.63, 3.8) is 0 Å². The van der Waals surface area contributed by atoms with E-state index in [2.05, 4.69) is 30.7 Å². The maximum Gasteiger partial charge on any atom is 0.000806 e. The second-order valence-electron chi connectivity index (χ2n) is 2.67. The first kappa shape index (κ1) is 10.6. The van der Waals surface area contributed by atoms with E-state index < -0.39 is 10.3 Å². The lowest BCUT2D eigenvalue weighted by Gasteiger charge is -2.27. The number of hydrogen-bond donors (Lipinski definition) is 2. The molecule has 0 atom stereocenters. The van der Waals surface area contributed by atoms with Crippen LogP contribution in [0, 0.1) is 0 Å². The second-order valence-corrected chi connectivity index (χ2v) is 6.55. The van der Waals surface area contributed by atoms with Gasteiger partial charge in [0.05, 0.1) is 0 Å². The van der Waals surface area contributed by atoms with E-state index in [0.29, 0.717) is 0 Å². The molecule has 1 N–H and O–H groups in total. The maximum absolute atomic E-state index is 5.03. The molecular formula is C6H17NOS2. The molecule has 0 aromatic rings. The molecular weight excluding hydrogens is 166 g/mol. The quantitative estimate of drug-likeness (QED) is 0.382. The highest BCUT2D eigenvalue weighted by atomic mass is 32.3. The molecule has 0 aromatic carbocycles. The largest absolute Gasteiger partial charge is 0.320 e. The van der Waals surface area contributed by atoms with Gasteiger partial charge in [-0.1, -0.05) is 0 Å². The van der Waals surface area contributed by atoms with Gasteiger partial charge in [0, 0.05) is 5.75 Å². The number of hydrogen-bond acceptors (Lipinski definition) is 3. The standard InChI is InChI=1S/C6H17NOS2/c1-7-5-4-6-10(2,3)8-9/h7,9H,4-6H2,1-3H3. The lowest BCUT2D eigenvalue weighted by molar-refractivity contribution is 0.720. The van der Waals surface area contributed by atoms with Gasteiger partial charge in [-0.05, 0) is 45.4 Å². The minimum Gasteiger partial charge on any atom is -0.320 e. The molecule has 0 heterocycles. The third kappa shape index (κ3) is 5.41. The predicted octanol–water partition coefficient (Wildman–Crippen LogP) is 1.44. The topological polar surface area (TPSA) is 21.3 Å². The van der Waals surface area contributed by atoms with Gasteiger partial charge < -0.3 is 5.32 Å². The van der Waals surface area contributed by atoms with Crippen LogP contribution >= 0.6 is 23.2 Å². The summed E-state index contributed by atoms with van der Waals surface area (Å²) in [4.78, 5) is 0. The zero-order valence-electron chi connectivity index (χ0n) is 6.89. The van der Waals surface area contributed by atoms with Gasteiger partial charge in [0.25, 0.3) is 0 Å². The summed E-state index contributed by atoms with van der Waals surface area (Å²) in [6, 6.07) is 0. The minimum atomic E-state index is -0.868. The Morgan fingerprint density at radius 1 is 1.50 bits per heavy atom. The summed E-state index contributed by atoms with van der Waals surface area (Å²) >= 11 is 3.82. The molecule has 64 valence electrons. The van der Waals surface area contributed by atoms with E-state index in [9.17, 15) is 0 Å². The SMILES string of the molecule is CNCCCS(C)(C)OS. The Hall–Kier alpha value is 0.620. The summed E-state index contributed by atoms with van der Waals surface area (Å²) < 4.78 is 5.03. The van der Waals surface area contributed by atoms with Crippen molar-refractivity contribution >= 4 is 23.2 Å². The molecule has 0 saturated heterocycles. The van der Waals surface area contributed by atoms with E-state index in [1.165, 1.54) is 6.42 Å². The summed E-state index contributed by atoms with van der Waals surface area (Å²) in [7, 11) is 1.09. The summed E-state index contributed by atoms with van der Waals surface area (Å²) in [6.07, 6.45) is 5.41. The molecule has 10 heavy (non-hydrogen) atoms. The summed E-state index contributed by atoms with van der Waals surface area (Å²) in [5.41, 5.74) is 0. The molecule has 0 bridgehead atoms. The zero-order valence-corrected chi connectivity index (χ0v) is 8.60. The highest BCUT2D eigenvalue weighted by molar-refractivity contribution is 8.31. The Bertz CT molecular complexity index is 87.8. The fourth-order valence-electron chi connectivity index (χ4n) is 0.634. The lowest BCUT2D eigenvalue weighted by atomic mass is 10.5. The van der Waals surface area contributed by atoms with Crippen LogP contribution in [0.1, 0.15) is 6.42 Å². The molecule has 0 aliphatic heterocycles. The fraction of sp³-hybridized carbons (Fsp3) is 1.00. The Kier molecular flexibility index (Phi) is 5.62. The highest BCUT2D eigenvalue weighted by Gasteiger charge is 2.08. The second kappa shape index (κ2) is 5.29. The van der Waals surface area contributed by atoms with Gasteiger partial charge in [0.1, 0.15) is 0 Å². The van der Waals surface area contributed by atoms with E-state index in [1.807, 2.05) is 7.05 Å². The number of rotatable bonds is 5. The minimum absolute atomic E-state index is 0.868. The Labute approximate surface area is 70.9 Å². The molecule has 0 spiro atoms. The summed E-state index contributed by atoms with van der Waals surface area (Å²) in [5.74, 6) is 1.12. The molecule has 4 heteroatoms. The summed E-state index contributed by atoms with van der Waals surface area (Å²) in [6.45, 7) is 1.06. The van der Waals surface area contributed by atoms with Crippen LogP contribution in [-0.2, 0) is 3.63 Å². The Balaban J connectivity index is 3.28. The van der Waals surface area contributed by atoms with Crippen molar-refractivity contribution in [3.8, 4) is 0 Å². The van der Waals surface area contributed by atoms with Crippen molar-refractivity contribution in [2.45, 2.75) is 6.42 Å². The van der Waals surface area contributed by atoms with Gasteiger partial charge in [0.2, 0.25) is 0 Å². The zero-order chi connectivity index (χ0) is 8.04. The van der Waals surface area contributed by atoms with Gasteiger partial charge in [-0.15, -0.1) is 10.3 Å². The molecule has 0 aliphatic carbocycles. The predicted molar refractivity (Wildman–Crippen MR) is 52.9 cm³/mol. The van der Waals surface area contributed by atoms with Crippen LogP contribution in [-0.4, -0.2) is 31.9 Å². The molecule has 2 nitrogen and oxygen atoms in total. The van der Waals surface area contributed by atoms with Crippen LogP contribution in [0.5, 0.6) is 0 Å². The van der Waals surface area contributed by atoms with Crippen molar-refractivity contribution in [1.82, 2.24) is 5.32 Å². The average Bonchev–Trinajstić information content (AvgIpc) is 1.89. The first-order valence-corrected chi connectivity index (χ1v) is 6.22. The molecule has 0 fully saturated rings. The van der Waals surface area contributed by atoms with Crippen LogP contribution in [0.4, 0.5) is 0 Å². The first-order chi connectivity index (χ1) is 4.62. The van der Waals surface area contributed by atoms with Crippen molar-refractivity contribution in [2.24, 2.45) is 0 Å².